The molecule has 1 aromatic rings. The molecule has 22 heavy (non-hydrogen) atoms. The van der Waals surface area contributed by atoms with E-state index in [1.54, 1.807) is 4.90 Å². The second-order valence-corrected chi connectivity index (χ2v) is 5.78. The third-order valence-electron chi connectivity index (χ3n) is 3.97. The Labute approximate surface area is 129 Å². The first-order valence-corrected chi connectivity index (χ1v) is 7.42. The first-order chi connectivity index (χ1) is 10.4. The van der Waals surface area contributed by atoms with Crippen LogP contribution >= 0.6 is 0 Å². The Morgan fingerprint density at radius 2 is 2.18 bits per heavy atom. The van der Waals surface area contributed by atoms with Crippen LogP contribution in [0.3, 0.4) is 0 Å². The average Bonchev–Trinajstić information content (AvgIpc) is 2.78. The van der Waals surface area contributed by atoms with E-state index in [2.05, 4.69) is 5.16 Å². The minimum Gasteiger partial charge on any atom is -0.481 e. The van der Waals surface area contributed by atoms with Crippen LogP contribution in [0.5, 0.6) is 0 Å². The van der Waals surface area contributed by atoms with Crippen molar-refractivity contribution >= 4 is 11.9 Å². The minimum atomic E-state index is -0.914. The van der Waals surface area contributed by atoms with Gasteiger partial charge in [-0.25, -0.2) is 0 Å². The number of carboxylic acid groups (broad SMARTS) is 1. The highest BCUT2D eigenvalue weighted by Gasteiger charge is 2.29. The van der Waals surface area contributed by atoms with Gasteiger partial charge in [-0.1, -0.05) is 12.1 Å². The molecular formula is C15H22N2O5. The van der Waals surface area contributed by atoms with Gasteiger partial charge in [0.2, 0.25) is 5.91 Å². The first kappa shape index (κ1) is 16.5. The van der Waals surface area contributed by atoms with Crippen LogP contribution in [-0.2, 0) is 20.7 Å². The van der Waals surface area contributed by atoms with Crippen LogP contribution in [0.25, 0.3) is 0 Å². The van der Waals surface area contributed by atoms with Crippen LogP contribution in [0.2, 0.25) is 0 Å². The smallest absolute Gasteiger partial charge is 0.306 e. The third kappa shape index (κ3) is 3.85. The zero-order valence-corrected chi connectivity index (χ0v) is 13.2. The summed E-state index contributed by atoms with van der Waals surface area (Å²) < 4.78 is 10.5. The van der Waals surface area contributed by atoms with Crippen LogP contribution in [-0.4, -0.2) is 52.8 Å². The van der Waals surface area contributed by atoms with Gasteiger partial charge in [0, 0.05) is 24.6 Å². The van der Waals surface area contributed by atoms with Gasteiger partial charge in [-0.15, -0.1) is 0 Å². The number of morpholine rings is 1. The van der Waals surface area contributed by atoms with Crippen molar-refractivity contribution < 1.29 is 24.0 Å². The fourth-order valence-corrected chi connectivity index (χ4v) is 2.74. The van der Waals surface area contributed by atoms with Crippen LogP contribution in [0.15, 0.2) is 4.52 Å². The van der Waals surface area contributed by atoms with Gasteiger partial charge in [-0.2, -0.15) is 0 Å². The lowest BCUT2D eigenvalue weighted by Crippen LogP contribution is -2.48. The van der Waals surface area contributed by atoms with Gasteiger partial charge in [0.25, 0.3) is 0 Å². The zero-order valence-electron chi connectivity index (χ0n) is 13.2. The van der Waals surface area contributed by atoms with Crippen molar-refractivity contribution in [2.45, 2.75) is 39.7 Å². The van der Waals surface area contributed by atoms with Gasteiger partial charge in [0.05, 0.1) is 24.8 Å². The minimum absolute atomic E-state index is 0.0127. The SMILES string of the molecule is Cc1noc(C)c1C[C@@H](C)C(=O)N1CCO[C@H](CC(=O)O)C1. The Balaban J connectivity index is 1.96. The van der Waals surface area contributed by atoms with E-state index in [1.807, 2.05) is 20.8 Å². The maximum absolute atomic E-state index is 12.6. The molecule has 1 aliphatic rings. The van der Waals surface area contributed by atoms with E-state index in [4.69, 9.17) is 14.4 Å². The molecule has 1 fully saturated rings. The molecule has 0 saturated carbocycles. The number of amides is 1. The summed E-state index contributed by atoms with van der Waals surface area (Å²) in [6.07, 6.45) is 0.0599. The van der Waals surface area contributed by atoms with Crippen LogP contribution in [0.1, 0.15) is 30.4 Å². The van der Waals surface area contributed by atoms with Crippen molar-refractivity contribution in [3.63, 3.8) is 0 Å². The molecule has 2 heterocycles. The lowest BCUT2D eigenvalue weighted by atomic mass is 9.98. The summed E-state index contributed by atoms with van der Waals surface area (Å²) >= 11 is 0. The van der Waals surface area contributed by atoms with Crippen LogP contribution in [0, 0.1) is 19.8 Å². The number of ether oxygens (including phenoxy) is 1. The number of aryl methyl sites for hydroxylation is 2. The molecule has 1 amide bonds. The number of carboxylic acids is 1. The van der Waals surface area contributed by atoms with Gasteiger partial charge in [0.15, 0.2) is 0 Å². The number of aliphatic carboxylic acids is 1. The molecule has 1 aromatic heterocycles. The van der Waals surface area contributed by atoms with E-state index >= 15 is 0 Å². The van der Waals surface area contributed by atoms with Gasteiger partial charge in [0.1, 0.15) is 5.76 Å². The fourth-order valence-electron chi connectivity index (χ4n) is 2.74. The Morgan fingerprint density at radius 3 is 2.77 bits per heavy atom. The molecule has 1 N–H and O–H groups in total. The molecule has 0 aliphatic carbocycles. The molecule has 0 aromatic carbocycles. The molecule has 1 saturated heterocycles. The molecule has 7 nitrogen and oxygen atoms in total. The Morgan fingerprint density at radius 1 is 1.45 bits per heavy atom. The number of aromatic nitrogens is 1. The predicted octanol–water partition coefficient (Wildman–Crippen LogP) is 1.17. The van der Waals surface area contributed by atoms with Crippen LogP contribution in [0.4, 0.5) is 0 Å². The number of carbonyl (C=O) groups excluding carboxylic acids is 1. The second kappa shape index (κ2) is 6.91. The summed E-state index contributed by atoms with van der Waals surface area (Å²) in [5.41, 5.74) is 1.78. The van der Waals surface area contributed by atoms with Crippen molar-refractivity contribution in [3.05, 3.63) is 17.0 Å². The summed E-state index contributed by atoms with van der Waals surface area (Å²) in [4.78, 5) is 25.0. The average molecular weight is 310 g/mol. The lowest BCUT2D eigenvalue weighted by Gasteiger charge is -2.34. The highest BCUT2D eigenvalue weighted by molar-refractivity contribution is 5.79. The number of rotatable bonds is 5. The maximum atomic E-state index is 12.6. The molecule has 7 heteroatoms. The topological polar surface area (TPSA) is 92.9 Å². The van der Waals surface area contributed by atoms with Crippen molar-refractivity contribution in [1.82, 2.24) is 10.1 Å². The molecule has 1 aliphatic heterocycles. The van der Waals surface area contributed by atoms with Crippen molar-refractivity contribution in [2.75, 3.05) is 19.7 Å². The summed E-state index contributed by atoms with van der Waals surface area (Å²) in [5.74, 6) is -0.370. The highest BCUT2D eigenvalue weighted by Crippen LogP contribution is 2.20. The summed E-state index contributed by atoms with van der Waals surface area (Å²) in [5, 5.41) is 12.7. The first-order valence-electron chi connectivity index (χ1n) is 7.42. The van der Waals surface area contributed by atoms with Crippen LogP contribution < -0.4 is 0 Å². The Bertz CT molecular complexity index is 535. The molecule has 0 unspecified atom stereocenters. The number of carbonyl (C=O) groups is 2. The molecule has 122 valence electrons. The van der Waals surface area contributed by atoms with E-state index in [9.17, 15) is 9.59 Å². The number of hydrogen-bond donors (Lipinski definition) is 1. The molecule has 0 spiro atoms. The van der Waals surface area contributed by atoms with E-state index in [0.717, 1.165) is 17.0 Å². The maximum Gasteiger partial charge on any atom is 0.306 e. The van der Waals surface area contributed by atoms with Gasteiger partial charge >= 0.3 is 5.97 Å². The van der Waals surface area contributed by atoms with Crippen molar-refractivity contribution in [1.29, 1.82) is 0 Å². The molecule has 0 bridgehead atoms. The van der Waals surface area contributed by atoms with E-state index in [1.165, 1.54) is 0 Å². The van der Waals surface area contributed by atoms with Crippen molar-refractivity contribution in [2.24, 2.45) is 5.92 Å². The molecule has 2 rings (SSSR count). The quantitative estimate of drug-likeness (QED) is 0.877. The van der Waals surface area contributed by atoms with Gasteiger partial charge in [-0.3, -0.25) is 9.59 Å². The number of hydrogen-bond acceptors (Lipinski definition) is 5. The van der Waals surface area contributed by atoms with E-state index in [-0.39, 0.29) is 18.2 Å². The Kier molecular flexibility index (Phi) is 5.18. The standard InChI is InChI=1S/C15H22N2O5/c1-9(6-13-10(2)16-22-11(13)3)15(20)17-4-5-21-12(8-17)7-14(18)19/h9,12H,4-8H2,1-3H3,(H,18,19)/t9-,12-/m1/s1. The molecule has 2 atom stereocenters. The van der Waals surface area contributed by atoms with E-state index in [0.29, 0.717) is 26.1 Å². The van der Waals surface area contributed by atoms with Gasteiger partial charge < -0.3 is 19.3 Å². The summed E-state index contributed by atoms with van der Waals surface area (Å²) in [6, 6.07) is 0. The monoisotopic (exact) mass is 310 g/mol. The normalized spacial score (nSPS) is 20.0. The lowest BCUT2D eigenvalue weighted by molar-refractivity contribution is -0.149. The Hall–Kier alpha value is -1.89. The highest BCUT2D eigenvalue weighted by atomic mass is 16.5. The van der Waals surface area contributed by atoms with Gasteiger partial charge in [-0.05, 0) is 20.3 Å². The largest absolute Gasteiger partial charge is 0.481 e. The van der Waals surface area contributed by atoms with Crippen molar-refractivity contribution in [3.8, 4) is 0 Å². The second-order valence-electron chi connectivity index (χ2n) is 5.78. The number of nitrogens with zero attached hydrogens (tertiary/aromatic N) is 2. The zero-order chi connectivity index (χ0) is 16.3. The summed E-state index contributed by atoms with van der Waals surface area (Å²) in [7, 11) is 0. The molecule has 0 radical (unpaired) electrons. The fraction of sp³-hybridized carbons (Fsp3) is 0.667. The third-order valence-corrected chi connectivity index (χ3v) is 3.97. The van der Waals surface area contributed by atoms with E-state index < -0.39 is 12.1 Å². The summed E-state index contributed by atoms with van der Waals surface area (Å²) in [6.45, 7) is 6.78. The predicted molar refractivity (Wildman–Crippen MR) is 77.4 cm³/mol. The molecular weight excluding hydrogens is 288 g/mol.